The number of rotatable bonds is 5. The number of thiocarbonyl (C=S) groups is 1. The quantitative estimate of drug-likeness (QED) is 0.824. The predicted molar refractivity (Wildman–Crippen MR) is 83.3 cm³/mol. The summed E-state index contributed by atoms with van der Waals surface area (Å²) in [6.07, 6.45) is 0. The largest absolute Gasteiger partial charge is 0.389 e. The van der Waals surface area contributed by atoms with Gasteiger partial charge in [-0.1, -0.05) is 12.2 Å². The van der Waals surface area contributed by atoms with Crippen LogP contribution >= 0.6 is 34.9 Å². The first-order chi connectivity index (χ1) is 8.90. The van der Waals surface area contributed by atoms with Gasteiger partial charge in [0.1, 0.15) is 9.20 Å². The van der Waals surface area contributed by atoms with Gasteiger partial charge < -0.3 is 5.73 Å². The molecule has 0 fully saturated rings. The molecule has 19 heavy (non-hydrogen) atoms. The molecule has 0 amide bonds. The highest BCUT2D eigenvalue weighted by atomic mass is 32.2. The summed E-state index contributed by atoms with van der Waals surface area (Å²) >= 11 is 7.43. The van der Waals surface area contributed by atoms with Gasteiger partial charge in [0, 0.05) is 11.4 Å². The van der Waals surface area contributed by atoms with Gasteiger partial charge in [0.05, 0.1) is 4.88 Å². The summed E-state index contributed by atoms with van der Waals surface area (Å²) in [7, 11) is -3.51. The Morgan fingerprint density at radius 3 is 2.68 bits per heavy atom. The van der Waals surface area contributed by atoms with E-state index in [1.807, 2.05) is 18.4 Å². The number of hydrogen-bond acceptors (Lipinski definition) is 5. The van der Waals surface area contributed by atoms with Crippen LogP contribution in [0.4, 0.5) is 0 Å². The summed E-state index contributed by atoms with van der Waals surface area (Å²) in [4.78, 5) is 1.82. The van der Waals surface area contributed by atoms with Crippen molar-refractivity contribution in [2.75, 3.05) is 0 Å². The van der Waals surface area contributed by atoms with Crippen molar-refractivity contribution >= 4 is 49.9 Å². The van der Waals surface area contributed by atoms with Crippen molar-refractivity contribution in [2.45, 2.75) is 17.7 Å². The van der Waals surface area contributed by atoms with Crippen LogP contribution in [0, 0.1) is 6.92 Å². The van der Waals surface area contributed by atoms with Crippen molar-refractivity contribution in [1.82, 2.24) is 4.72 Å². The van der Waals surface area contributed by atoms with Gasteiger partial charge in [0.2, 0.25) is 10.0 Å². The Kier molecular flexibility index (Phi) is 4.36. The molecule has 102 valence electrons. The van der Waals surface area contributed by atoms with Crippen LogP contribution in [0.1, 0.15) is 15.3 Å². The summed E-state index contributed by atoms with van der Waals surface area (Å²) in [6.45, 7) is 2.25. The lowest BCUT2D eigenvalue weighted by atomic mass is 10.3. The minimum absolute atomic E-state index is 0.209. The minimum atomic E-state index is -3.51. The number of nitrogens with one attached hydrogen (secondary N) is 1. The average molecular weight is 332 g/mol. The summed E-state index contributed by atoms with van der Waals surface area (Å²) in [5, 5.41) is 1.94. The monoisotopic (exact) mass is 332 g/mol. The highest BCUT2D eigenvalue weighted by molar-refractivity contribution is 7.91. The lowest BCUT2D eigenvalue weighted by molar-refractivity contribution is 0.584. The van der Waals surface area contributed by atoms with Gasteiger partial charge in [0.25, 0.3) is 0 Å². The van der Waals surface area contributed by atoms with Gasteiger partial charge in [-0.05, 0) is 36.1 Å². The van der Waals surface area contributed by atoms with Crippen molar-refractivity contribution in [1.29, 1.82) is 0 Å². The standard InChI is InChI=1S/C11H12N2O2S4/c1-7-4-5-17-9(7)6-13-19(14,15)10-3-2-8(18-10)11(12)16/h2-5,13H,6H2,1H3,(H2,12,16). The highest BCUT2D eigenvalue weighted by Gasteiger charge is 2.17. The van der Waals surface area contributed by atoms with Crippen molar-refractivity contribution in [3.63, 3.8) is 0 Å². The Balaban J connectivity index is 2.14. The Bertz CT molecular complexity index is 700. The zero-order chi connectivity index (χ0) is 14.0. The van der Waals surface area contributed by atoms with Gasteiger partial charge in [-0.3, -0.25) is 0 Å². The third-order valence-electron chi connectivity index (χ3n) is 2.48. The van der Waals surface area contributed by atoms with Crippen molar-refractivity contribution in [3.05, 3.63) is 38.9 Å². The van der Waals surface area contributed by atoms with Gasteiger partial charge >= 0.3 is 0 Å². The Hall–Kier alpha value is -0.800. The summed E-state index contributed by atoms with van der Waals surface area (Å²) in [6, 6.07) is 5.10. The van der Waals surface area contributed by atoms with Gasteiger partial charge in [-0.15, -0.1) is 22.7 Å². The van der Waals surface area contributed by atoms with E-state index in [4.69, 9.17) is 18.0 Å². The zero-order valence-corrected chi connectivity index (χ0v) is 13.3. The van der Waals surface area contributed by atoms with Crippen molar-refractivity contribution < 1.29 is 8.42 Å². The second kappa shape index (κ2) is 5.68. The van der Waals surface area contributed by atoms with Crippen molar-refractivity contribution in [3.8, 4) is 0 Å². The maximum absolute atomic E-state index is 12.1. The molecule has 0 radical (unpaired) electrons. The van der Waals surface area contributed by atoms with Crippen LogP contribution in [0.15, 0.2) is 27.8 Å². The molecule has 8 heteroatoms. The molecule has 2 rings (SSSR count). The van der Waals surface area contributed by atoms with E-state index in [1.165, 1.54) is 17.4 Å². The molecule has 2 aromatic heterocycles. The fourth-order valence-electron chi connectivity index (χ4n) is 1.41. The molecule has 3 N–H and O–H groups in total. The first-order valence-electron chi connectivity index (χ1n) is 5.32. The number of aryl methyl sites for hydroxylation is 1. The fourth-order valence-corrected chi connectivity index (χ4v) is 4.74. The summed E-state index contributed by atoms with van der Waals surface area (Å²) < 4.78 is 27.0. The van der Waals surface area contributed by atoms with E-state index in [9.17, 15) is 8.42 Å². The van der Waals surface area contributed by atoms with E-state index in [0.29, 0.717) is 11.4 Å². The Morgan fingerprint density at radius 2 is 2.16 bits per heavy atom. The maximum atomic E-state index is 12.1. The van der Waals surface area contributed by atoms with Crippen LogP contribution in [-0.4, -0.2) is 13.4 Å². The smallest absolute Gasteiger partial charge is 0.250 e. The van der Waals surface area contributed by atoms with E-state index in [2.05, 4.69) is 4.72 Å². The first-order valence-corrected chi connectivity index (χ1v) is 8.91. The number of thiophene rings is 2. The molecule has 0 saturated carbocycles. The average Bonchev–Trinajstić information content (AvgIpc) is 2.95. The topological polar surface area (TPSA) is 72.2 Å². The molecule has 0 atom stereocenters. The molecular formula is C11H12N2O2S4. The van der Waals surface area contributed by atoms with Crippen LogP contribution in [0.5, 0.6) is 0 Å². The van der Waals surface area contributed by atoms with E-state index < -0.39 is 10.0 Å². The van der Waals surface area contributed by atoms with E-state index >= 15 is 0 Å². The maximum Gasteiger partial charge on any atom is 0.250 e. The second-order valence-corrected chi connectivity index (χ2v) is 8.35. The lowest BCUT2D eigenvalue weighted by Crippen LogP contribution is -2.22. The molecule has 0 aliphatic carbocycles. The molecule has 4 nitrogen and oxygen atoms in total. The molecule has 2 heterocycles. The summed E-state index contributed by atoms with van der Waals surface area (Å²) in [5.41, 5.74) is 6.56. The molecule has 0 saturated heterocycles. The van der Waals surface area contributed by atoms with Crippen LogP contribution in [0.3, 0.4) is 0 Å². The molecule has 0 spiro atoms. The number of nitrogens with two attached hydrogens (primary N) is 1. The fraction of sp³-hybridized carbons (Fsp3) is 0.182. The van der Waals surface area contributed by atoms with Crippen LogP contribution < -0.4 is 10.5 Å². The number of hydrogen-bond donors (Lipinski definition) is 2. The van der Waals surface area contributed by atoms with Crippen LogP contribution in [-0.2, 0) is 16.6 Å². The van der Waals surface area contributed by atoms with E-state index in [1.54, 1.807) is 6.07 Å². The SMILES string of the molecule is Cc1ccsc1CNS(=O)(=O)c1ccc(C(N)=S)s1. The molecule has 2 aromatic rings. The normalized spacial score (nSPS) is 11.6. The number of sulfonamides is 1. The Labute approximate surface area is 125 Å². The van der Waals surface area contributed by atoms with Gasteiger partial charge in [-0.2, -0.15) is 0 Å². The highest BCUT2D eigenvalue weighted by Crippen LogP contribution is 2.22. The second-order valence-electron chi connectivity index (χ2n) is 3.83. The molecule has 0 aliphatic heterocycles. The van der Waals surface area contributed by atoms with Crippen LogP contribution in [0.25, 0.3) is 0 Å². The van der Waals surface area contributed by atoms with E-state index in [-0.39, 0.29) is 9.20 Å². The third kappa shape index (κ3) is 3.40. The van der Waals surface area contributed by atoms with Gasteiger partial charge in [0.15, 0.2) is 0 Å². The minimum Gasteiger partial charge on any atom is -0.389 e. The Morgan fingerprint density at radius 1 is 1.42 bits per heavy atom. The molecule has 0 aromatic carbocycles. The first kappa shape index (κ1) is 14.6. The lowest BCUT2D eigenvalue weighted by Gasteiger charge is -2.04. The van der Waals surface area contributed by atoms with Crippen LogP contribution in [0.2, 0.25) is 0 Å². The third-order valence-corrected chi connectivity index (χ3v) is 6.86. The molecule has 0 unspecified atom stereocenters. The molecular weight excluding hydrogens is 320 g/mol. The molecule has 0 aliphatic rings. The van der Waals surface area contributed by atoms with E-state index in [0.717, 1.165) is 21.8 Å². The van der Waals surface area contributed by atoms with Gasteiger partial charge in [-0.25, -0.2) is 13.1 Å². The predicted octanol–water partition coefficient (Wildman–Crippen LogP) is 2.23. The van der Waals surface area contributed by atoms with Crippen molar-refractivity contribution in [2.24, 2.45) is 5.73 Å². The zero-order valence-electron chi connectivity index (χ0n) is 10.0. The molecule has 0 bridgehead atoms. The summed E-state index contributed by atoms with van der Waals surface area (Å²) in [5.74, 6) is 0.